The molecular weight excluding hydrogens is 466 g/mol. The number of hydrogen-bond donors (Lipinski definition) is 3. The molecule has 0 unspecified atom stereocenters. The van der Waals surface area contributed by atoms with Crippen molar-refractivity contribution in [3.05, 3.63) is 83.4 Å². The zero-order chi connectivity index (χ0) is 25.0. The number of fused-ring (bicyclic) bond motifs is 1. The summed E-state index contributed by atoms with van der Waals surface area (Å²) < 4.78 is 0. The Bertz CT molecular complexity index is 1370. The van der Waals surface area contributed by atoms with Gasteiger partial charge in [-0.15, -0.1) is 0 Å². The Balaban J connectivity index is 1.06. The maximum absolute atomic E-state index is 10.0. The third-order valence-electron chi connectivity index (χ3n) is 6.83. The van der Waals surface area contributed by atoms with Crippen LogP contribution < -0.4 is 20.4 Å². The molecule has 37 heavy (non-hydrogen) atoms. The lowest BCUT2D eigenvalue weighted by Crippen LogP contribution is -2.47. The molecule has 1 saturated heterocycles. The van der Waals surface area contributed by atoms with Crippen LogP contribution in [0.1, 0.15) is 22.3 Å². The predicted molar refractivity (Wildman–Crippen MR) is 142 cm³/mol. The van der Waals surface area contributed by atoms with Crippen molar-refractivity contribution >= 4 is 23.5 Å². The van der Waals surface area contributed by atoms with Gasteiger partial charge in [0.2, 0.25) is 17.8 Å². The molecule has 0 saturated carbocycles. The third-order valence-corrected chi connectivity index (χ3v) is 6.83. The van der Waals surface area contributed by atoms with E-state index in [0.717, 1.165) is 62.5 Å². The number of nitrogens with zero attached hydrogens (tertiary/aromatic N) is 7. The minimum atomic E-state index is 0.291. The molecule has 4 heterocycles. The molecule has 10 heteroatoms. The number of piperazine rings is 1. The molecule has 3 N–H and O–H groups in total. The third kappa shape index (κ3) is 5.29. The van der Waals surface area contributed by atoms with Gasteiger partial charge in [-0.3, -0.25) is 0 Å². The Morgan fingerprint density at radius 1 is 0.865 bits per heavy atom. The van der Waals surface area contributed by atoms with E-state index < -0.39 is 0 Å². The van der Waals surface area contributed by atoms with Gasteiger partial charge in [0.25, 0.3) is 0 Å². The van der Waals surface area contributed by atoms with Crippen molar-refractivity contribution in [2.45, 2.75) is 19.4 Å². The number of hydrogen-bond acceptors (Lipinski definition) is 10. The molecule has 1 fully saturated rings. The van der Waals surface area contributed by atoms with Crippen molar-refractivity contribution in [1.82, 2.24) is 30.2 Å². The average molecular weight is 496 g/mol. The monoisotopic (exact) mass is 495 g/mol. The fraction of sp³-hybridized carbons (Fsp3) is 0.296. The number of benzene rings is 2. The standard InChI is InChI=1S/C27H29N9O/c37-24-4-2-1-3-21(24)13-19-15-29-26(30-16-19)35-9-11-36(12-10-35)27-32-18-31-25(34-27)33-23-6-5-20-7-8-28-17-22(20)14-23/h1-6,14-16,18,28,37H,7-13,17H2,(H,31,32,33,34). The Morgan fingerprint density at radius 2 is 1.65 bits per heavy atom. The molecule has 0 aliphatic carbocycles. The Kier molecular flexibility index (Phi) is 6.47. The largest absolute Gasteiger partial charge is 0.508 e. The number of aromatic hydroxyl groups is 1. The summed E-state index contributed by atoms with van der Waals surface area (Å²) in [6.07, 6.45) is 6.89. The quantitative estimate of drug-likeness (QED) is 0.369. The van der Waals surface area contributed by atoms with Crippen LogP contribution in [0.5, 0.6) is 5.75 Å². The van der Waals surface area contributed by atoms with Gasteiger partial charge in [-0.2, -0.15) is 4.98 Å². The van der Waals surface area contributed by atoms with Crippen LogP contribution in [0.25, 0.3) is 0 Å². The van der Waals surface area contributed by atoms with Gasteiger partial charge < -0.3 is 25.5 Å². The van der Waals surface area contributed by atoms with E-state index in [0.29, 0.717) is 30.0 Å². The summed E-state index contributed by atoms with van der Waals surface area (Å²) >= 11 is 0. The fourth-order valence-corrected chi connectivity index (χ4v) is 4.78. The first-order chi connectivity index (χ1) is 18.2. The number of anilines is 4. The lowest BCUT2D eigenvalue weighted by atomic mass is 10.0. The van der Waals surface area contributed by atoms with Crippen LogP contribution in [0.3, 0.4) is 0 Å². The van der Waals surface area contributed by atoms with Crippen LogP contribution in [-0.4, -0.2) is 62.8 Å². The van der Waals surface area contributed by atoms with E-state index in [-0.39, 0.29) is 0 Å². The van der Waals surface area contributed by atoms with Crippen LogP contribution in [0.2, 0.25) is 0 Å². The summed E-state index contributed by atoms with van der Waals surface area (Å²) in [6, 6.07) is 13.8. The molecule has 4 aromatic rings. The Hall–Kier alpha value is -4.31. The smallest absolute Gasteiger partial charge is 0.231 e. The molecule has 0 spiro atoms. The van der Waals surface area contributed by atoms with Crippen molar-refractivity contribution in [3.8, 4) is 5.75 Å². The van der Waals surface area contributed by atoms with Crippen molar-refractivity contribution in [2.75, 3.05) is 47.8 Å². The lowest BCUT2D eigenvalue weighted by Gasteiger charge is -2.34. The second-order valence-corrected chi connectivity index (χ2v) is 9.32. The van der Waals surface area contributed by atoms with Gasteiger partial charge in [-0.05, 0) is 53.4 Å². The molecule has 0 atom stereocenters. The first-order valence-corrected chi connectivity index (χ1v) is 12.6. The highest BCUT2D eigenvalue weighted by Crippen LogP contribution is 2.23. The van der Waals surface area contributed by atoms with Gasteiger partial charge in [0.1, 0.15) is 12.1 Å². The topological polar surface area (TPSA) is 115 Å². The zero-order valence-electron chi connectivity index (χ0n) is 20.5. The van der Waals surface area contributed by atoms with Crippen LogP contribution in [0, 0.1) is 0 Å². The van der Waals surface area contributed by atoms with Crippen LogP contribution >= 0.6 is 0 Å². The van der Waals surface area contributed by atoms with E-state index in [1.54, 1.807) is 12.4 Å². The van der Waals surface area contributed by atoms with Gasteiger partial charge in [-0.1, -0.05) is 24.3 Å². The summed E-state index contributed by atoms with van der Waals surface area (Å²) in [5.41, 5.74) is 5.52. The number of para-hydroxylation sites is 1. The van der Waals surface area contributed by atoms with Gasteiger partial charge in [-0.25, -0.2) is 19.9 Å². The van der Waals surface area contributed by atoms with Crippen LogP contribution in [0.15, 0.2) is 61.2 Å². The molecule has 0 bridgehead atoms. The van der Waals surface area contributed by atoms with Gasteiger partial charge in [0.05, 0.1) is 0 Å². The molecule has 0 radical (unpaired) electrons. The summed E-state index contributed by atoms with van der Waals surface area (Å²) in [5, 5.41) is 16.8. The molecular formula is C27H29N9O. The molecule has 2 aliphatic rings. The van der Waals surface area contributed by atoms with E-state index in [2.05, 4.69) is 63.6 Å². The highest BCUT2D eigenvalue weighted by atomic mass is 16.3. The number of rotatable bonds is 6. The number of aromatic nitrogens is 5. The molecule has 10 nitrogen and oxygen atoms in total. The number of nitrogens with one attached hydrogen (secondary N) is 2. The normalized spacial score (nSPS) is 15.4. The van der Waals surface area contributed by atoms with Gasteiger partial charge in [0, 0.05) is 57.2 Å². The molecule has 188 valence electrons. The van der Waals surface area contributed by atoms with E-state index in [1.807, 2.05) is 30.6 Å². The molecule has 2 aliphatic heterocycles. The lowest BCUT2D eigenvalue weighted by molar-refractivity contribution is 0.469. The molecule has 0 amide bonds. The highest BCUT2D eigenvalue weighted by Gasteiger charge is 2.21. The van der Waals surface area contributed by atoms with Gasteiger partial charge >= 0.3 is 0 Å². The van der Waals surface area contributed by atoms with Crippen LogP contribution in [0.4, 0.5) is 23.5 Å². The summed E-state index contributed by atoms with van der Waals surface area (Å²) in [5.74, 6) is 2.20. The second kappa shape index (κ2) is 10.4. The summed E-state index contributed by atoms with van der Waals surface area (Å²) in [4.78, 5) is 26.9. The van der Waals surface area contributed by atoms with Crippen molar-refractivity contribution in [3.63, 3.8) is 0 Å². The number of phenolic OH excluding ortho intramolecular Hbond substituents is 1. The van der Waals surface area contributed by atoms with Crippen LogP contribution in [-0.2, 0) is 19.4 Å². The SMILES string of the molecule is Oc1ccccc1Cc1cnc(N2CCN(c3ncnc(Nc4ccc5c(c4)CNCC5)n3)CC2)nc1. The maximum Gasteiger partial charge on any atom is 0.231 e. The first kappa shape index (κ1) is 23.1. The first-order valence-electron chi connectivity index (χ1n) is 12.6. The van der Waals surface area contributed by atoms with Crippen molar-refractivity contribution in [2.24, 2.45) is 0 Å². The average Bonchev–Trinajstić information content (AvgIpc) is 2.95. The molecule has 6 rings (SSSR count). The predicted octanol–water partition coefficient (Wildman–Crippen LogP) is 2.67. The fourth-order valence-electron chi connectivity index (χ4n) is 4.78. The zero-order valence-corrected chi connectivity index (χ0v) is 20.5. The second-order valence-electron chi connectivity index (χ2n) is 9.32. The molecule has 2 aromatic heterocycles. The van der Waals surface area contributed by atoms with Crippen molar-refractivity contribution in [1.29, 1.82) is 0 Å². The minimum Gasteiger partial charge on any atom is -0.508 e. The van der Waals surface area contributed by atoms with Gasteiger partial charge in [0.15, 0.2) is 0 Å². The minimum absolute atomic E-state index is 0.291. The van der Waals surface area contributed by atoms with Crippen molar-refractivity contribution < 1.29 is 5.11 Å². The Labute approximate surface area is 215 Å². The maximum atomic E-state index is 10.0. The van der Waals surface area contributed by atoms with E-state index in [1.165, 1.54) is 11.1 Å². The summed E-state index contributed by atoms with van der Waals surface area (Å²) in [7, 11) is 0. The van der Waals surface area contributed by atoms with E-state index in [4.69, 9.17) is 0 Å². The van der Waals surface area contributed by atoms with E-state index in [9.17, 15) is 5.11 Å². The Morgan fingerprint density at radius 3 is 2.46 bits per heavy atom. The number of phenols is 1. The van der Waals surface area contributed by atoms with E-state index >= 15 is 0 Å². The highest BCUT2D eigenvalue weighted by molar-refractivity contribution is 5.57. The molecule has 2 aromatic carbocycles. The summed E-state index contributed by atoms with van der Waals surface area (Å²) in [6.45, 7) is 4.98.